The third-order valence-corrected chi connectivity index (χ3v) is 9.09. The molecule has 1 unspecified atom stereocenters. The minimum absolute atomic E-state index is 0.0503. The number of H-pyrrole nitrogens is 1. The van der Waals surface area contributed by atoms with Crippen LogP contribution < -0.4 is 5.32 Å². The fraction of sp³-hybridized carbons (Fsp3) is 0.353. The average molecular weight is 564 g/mol. The molecule has 3 amide bonds. The molecule has 42 heavy (non-hydrogen) atoms. The third-order valence-electron chi connectivity index (χ3n) is 9.09. The molecule has 2 fully saturated rings. The highest BCUT2D eigenvalue weighted by Crippen LogP contribution is 2.49. The fourth-order valence-electron chi connectivity index (χ4n) is 6.39. The van der Waals surface area contributed by atoms with Crippen LogP contribution in [0.3, 0.4) is 0 Å². The monoisotopic (exact) mass is 563 g/mol. The summed E-state index contributed by atoms with van der Waals surface area (Å²) in [5.41, 5.74) is 3.76. The summed E-state index contributed by atoms with van der Waals surface area (Å²) in [6, 6.07) is 22.5. The number of nitrogens with zero attached hydrogens (tertiary/aromatic N) is 3. The number of rotatable bonds is 9. The summed E-state index contributed by atoms with van der Waals surface area (Å²) in [6.07, 6.45) is 3.55. The number of likely N-dealkylation sites (tertiary alicyclic amines) is 1. The van der Waals surface area contributed by atoms with Crippen molar-refractivity contribution >= 4 is 28.6 Å². The van der Waals surface area contributed by atoms with Gasteiger partial charge in [0, 0.05) is 42.8 Å². The van der Waals surface area contributed by atoms with E-state index < -0.39 is 6.04 Å². The second-order valence-corrected chi connectivity index (χ2v) is 11.7. The first-order chi connectivity index (χ1) is 20.4. The molecule has 2 aromatic heterocycles. The van der Waals surface area contributed by atoms with Gasteiger partial charge in [0.15, 0.2) is 0 Å². The quantitative estimate of drug-likeness (QED) is 0.300. The molecule has 6 rings (SSSR count). The highest BCUT2D eigenvalue weighted by molar-refractivity contribution is 6.00. The van der Waals surface area contributed by atoms with E-state index in [2.05, 4.69) is 15.3 Å². The molecule has 216 valence electrons. The molecule has 1 aliphatic heterocycles. The molecule has 4 aromatic rings. The number of carbonyl (C=O) groups is 3. The topological polar surface area (TPSA) is 98.4 Å². The van der Waals surface area contributed by atoms with Gasteiger partial charge in [0.05, 0.1) is 6.04 Å². The largest absolute Gasteiger partial charge is 0.352 e. The molecule has 2 aromatic carbocycles. The summed E-state index contributed by atoms with van der Waals surface area (Å²) >= 11 is 0. The Morgan fingerprint density at radius 2 is 1.81 bits per heavy atom. The van der Waals surface area contributed by atoms with Crippen LogP contribution in [0.5, 0.6) is 0 Å². The summed E-state index contributed by atoms with van der Waals surface area (Å²) in [5, 5.41) is 4.07. The Bertz CT molecular complexity index is 1570. The molecule has 1 aliphatic carbocycles. The van der Waals surface area contributed by atoms with Crippen molar-refractivity contribution in [2.24, 2.45) is 17.8 Å². The van der Waals surface area contributed by atoms with Gasteiger partial charge in [-0.3, -0.25) is 19.4 Å². The third kappa shape index (κ3) is 5.29. The molecule has 0 bridgehead atoms. The zero-order valence-electron chi connectivity index (χ0n) is 24.3. The molecule has 1 saturated heterocycles. The van der Waals surface area contributed by atoms with Crippen molar-refractivity contribution in [3.8, 4) is 11.1 Å². The number of para-hydroxylation sites is 1. The molecule has 2 aliphatic rings. The van der Waals surface area contributed by atoms with Gasteiger partial charge in [0.2, 0.25) is 5.91 Å². The Morgan fingerprint density at radius 1 is 1.05 bits per heavy atom. The zero-order chi connectivity index (χ0) is 29.4. The fourth-order valence-corrected chi connectivity index (χ4v) is 6.39. The average Bonchev–Trinajstić information content (AvgIpc) is 3.50. The molecular formula is C34H37N5O3. The molecule has 8 heteroatoms. The predicted octanol–water partition coefficient (Wildman–Crippen LogP) is 4.99. The standard InChI is InChI=1S/C34H37N5O3/c1-4-21(2)31(38(3)33(41)29-17-23-12-8-9-13-27(23)37-29)32(40)36-19-30-26-16-25(26)20-39(30)34(42)28-15-14-24(18-35-28)22-10-6-5-7-11-22/h5-15,17-18,21,25-26,30-31,37H,4,16,19-20H2,1-3H3,(H,36,40)/t21-,25-,26?,30+,31-/m0/s1. The first-order valence-corrected chi connectivity index (χ1v) is 14.8. The number of fused-ring (bicyclic) bond motifs is 2. The van der Waals surface area contributed by atoms with Crippen LogP contribution in [-0.4, -0.2) is 69.7 Å². The molecule has 3 heterocycles. The summed E-state index contributed by atoms with van der Waals surface area (Å²) in [6.45, 7) is 5.05. The number of aromatic amines is 1. The van der Waals surface area contributed by atoms with Crippen molar-refractivity contribution < 1.29 is 14.4 Å². The molecule has 0 spiro atoms. The lowest BCUT2D eigenvalue weighted by molar-refractivity contribution is -0.127. The molecule has 1 saturated carbocycles. The lowest BCUT2D eigenvalue weighted by atomic mass is 9.96. The molecule has 5 atom stereocenters. The Labute approximate surface area is 246 Å². The van der Waals surface area contributed by atoms with Crippen LogP contribution in [0.1, 0.15) is 47.7 Å². The van der Waals surface area contributed by atoms with E-state index in [-0.39, 0.29) is 29.7 Å². The Kier molecular flexibility index (Phi) is 7.54. The Hall–Kier alpha value is -4.46. The van der Waals surface area contributed by atoms with E-state index in [0.29, 0.717) is 36.3 Å². The van der Waals surface area contributed by atoms with Crippen LogP contribution in [0.2, 0.25) is 0 Å². The number of likely N-dealkylation sites (N-methyl/N-ethyl adjacent to an activating group) is 1. The van der Waals surface area contributed by atoms with Gasteiger partial charge >= 0.3 is 0 Å². The van der Waals surface area contributed by atoms with Crippen molar-refractivity contribution in [2.45, 2.75) is 38.8 Å². The van der Waals surface area contributed by atoms with Gasteiger partial charge in [-0.1, -0.05) is 74.9 Å². The molecule has 0 radical (unpaired) electrons. The lowest BCUT2D eigenvalue weighted by Crippen LogP contribution is -2.54. The maximum absolute atomic E-state index is 13.7. The van der Waals surface area contributed by atoms with Crippen LogP contribution in [-0.2, 0) is 4.79 Å². The number of hydrogen-bond donors (Lipinski definition) is 2. The maximum atomic E-state index is 13.7. The summed E-state index contributed by atoms with van der Waals surface area (Å²) < 4.78 is 0. The van der Waals surface area contributed by atoms with Crippen LogP contribution in [0.15, 0.2) is 79.0 Å². The lowest BCUT2D eigenvalue weighted by Gasteiger charge is -2.33. The molecule has 2 N–H and O–H groups in total. The Morgan fingerprint density at radius 3 is 2.52 bits per heavy atom. The van der Waals surface area contributed by atoms with Gasteiger partial charge in [-0.2, -0.15) is 0 Å². The second kappa shape index (κ2) is 11.4. The van der Waals surface area contributed by atoms with E-state index in [4.69, 9.17) is 0 Å². The minimum Gasteiger partial charge on any atom is -0.352 e. The molecule has 8 nitrogen and oxygen atoms in total. The highest BCUT2D eigenvalue weighted by atomic mass is 16.2. The minimum atomic E-state index is -0.637. The number of carbonyl (C=O) groups excluding carboxylic acids is 3. The highest BCUT2D eigenvalue weighted by Gasteiger charge is 2.54. The van der Waals surface area contributed by atoms with E-state index >= 15 is 0 Å². The van der Waals surface area contributed by atoms with Crippen molar-refractivity contribution in [1.82, 2.24) is 25.1 Å². The zero-order valence-corrected chi connectivity index (χ0v) is 24.3. The smallest absolute Gasteiger partial charge is 0.272 e. The van der Waals surface area contributed by atoms with Gasteiger partial charge in [0.1, 0.15) is 17.4 Å². The first-order valence-electron chi connectivity index (χ1n) is 14.8. The SMILES string of the molecule is CC[C@H](C)[C@@H](C(=O)NC[C@@H]1C2C[C@H]2CN1C(=O)c1ccc(-c2ccccc2)cn1)N(C)C(=O)c1cc2ccccc2[nH]1. The van der Waals surface area contributed by atoms with Crippen molar-refractivity contribution in [3.63, 3.8) is 0 Å². The number of piperidine rings is 1. The van der Waals surface area contributed by atoms with Crippen LogP contribution in [0, 0.1) is 17.8 Å². The predicted molar refractivity (Wildman–Crippen MR) is 163 cm³/mol. The van der Waals surface area contributed by atoms with Crippen molar-refractivity contribution in [2.75, 3.05) is 20.1 Å². The number of hydrogen-bond acceptors (Lipinski definition) is 4. The number of benzene rings is 2. The number of pyridine rings is 1. The van der Waals surface area contributed by atoms with Gasteiger partial charge in [-0.05, 0) is 47.9 Å². The Balaban J connectivity index is 1.13. The van der Waals surface area contributed by atoms with Crippen molar-refractivity contribution in [3.05, 3.63) is 90.4 Å². The van der Waals surface area contributed by atoms with E-state index in [0.717, 1.165) is 34.9 Å². The van der Waals surface area contributed by atoms with E-state index in [1.807, 2.05) is 85.5 Å². The van der Waals surface area contributed by atoms with Gasteiger partial charge in [0.25, 0.3) is 11.8 Å². The van der Waals surface area contributed by atoms with Gasteiger partial charge in [-0.15, -0.1) is 0 Å². The maximum Gasteiger partial charge on any atom is 0.272 e. The summed E-state index contributed by atoms with van der Waals surface area (Å²) in [4.78, 5) is 51.8. The summed E-state index contributed by atoms with van der Waals surface area (Å²) in [7, 11) is 1.69. The van der Waals surface area contributed by atoms with E-state index in [1.54, 1.807) is 24.2 Å². The first kappa shape index (κ1) is 27.7. The van der Waals surface area contributed by atoms with Crippen LogP contribution in [0.25, 0.3) is 22.0 Å². The molecular weight excluding hydrogens is 526 g/mol. The number of amides is 3. The normalized spacial score (nSPS) is 20.5. The van der Waals surface area contributed by atoms with Crippen molar-refractivity contribution in [1.29, 1.82) is 0 Å². The number of nitrogens with one attached hydrogen (secondary N) is 2. The van der Waals surface area contributed by atoms with E-state index in [9.17, 15) is 14.4 Å². The van der Waals surface area contributed by atoms with Gasteiger partial charge in [-0.25, -0.2) is 0 Å². The number of aromatic nitrogens is 2. The van der Waals surface area contributed by atoms with E-state index in [1.165, 1.54) is 0 Å². The van der Waals surface area contributed by atoms with Crippen LogP contribution >= 0.6 is 0 Å². The second-order valence-electron chi connectivity index (χ2n) is 11.7. The summed E-state index contributed by atoms with van der Waals surface area (Å²) in [5.74, 6) is 0.271. The van der Waals surface area contributed by atoms with Crippen LogP contribution in [0.4, 0.5) is 0 Å². The van der Waals surface area contributed by atoms with Gasteiger partial charge < -0.3 is 20.1 Å².